The molecule has 0 saturated carbocycles. The number of hydrogen-bond donors (Lipinski definition) is 1. The van der Waals surface area contributed by atoms with E-state index in [1.165, 1.54) is 0 Å². The maximum Gasteiger partial charge on any atom is 0.254 e. The molecular formula is C22H33N7O3. The Morgan fingerprint density at radius 3 is 2.75 bits per heavy atom. The summed E-state index contributed by atoms with van der Waals surface area (Å²) in [6.07, 6.45) is 2.73. The molecule has 1 fully saturated rings. The van der Waals surface area contributed by atoms with E-state index in [0.29, 0.717) is 56.4 Å². The Morgan fingerprint density at radius 1 is 1.31 bits per heavy atom. The lowest BCUT2D eigenvalue weighted by Gasteiger charge is -2.19. The van der Waals surface area contributed by atoms with Crippen molar-refractivity contribution in [1.29, 1.82) is 0 Å². The number of likely N-dealkylation sites (tertiary alicyclic amines) is 1. The van der Waals surface area contributed by atoms with Gasteiger partial charge < -0.3 is 19.9 Å². The summed E-state index contributed by atoms with van der Waals surface area (Å²) in [7, 11) is 5.31. The van der Waals surface area contributed by atoms with Crippen LogP contribution in [0.5, 0.6) is 0 Å². The van der Waals surface area contributed by atoms with Gasteiger partial charge in [0.25, 0.3) is 5.91 Å². The van der Waals surface area contributed by atoms with Crippen molar-refractivity contribution < 1.29 is 14.3 Å². The number of rotatable bonds is 9. The van der Waals surface area contributed by atoms with E-state index >= 15 is 0 Å². The average Bonchev–Trinajstić information content (AvgIpc) is 3.38. The number of amides is 2. The average molecular weight is 444 g/mol. The molecule has 2 aromatic heterocycles. The molecular weight excluding hydrogens is 410 g/mol. The molecule has 1 saturated heterocycles. The molecule has 2 amide bonds. The van der Waals surface area contributed by atoms with Crippen molar-refractivity contribution in [2.24, 2.45) is 0 Å². The summed E-state index contributed by atoms with van der Waals surface area (Å²) in [5.41, 5.74) is 3.14. The monoisotopic (exact) mass is 443 g/mol. The molecule has 1 aliphatic rings. The quantitative estimate of drug-likeness (QED) is 0.579. The minimum atomic E-state index is -0.225. The molecule has 3 rings (SSSR count). The number of ether oxygens (including phenoxy) is 1. The molecule has 1 atom stereocenters. The summed E-state index contributed by atoms with van der Waals surface area (Å²) in [6, 6.07) is 2.01. The maximum atomic E-state index is 12.8. The number of carbonyl (C=O) groups excluding carboxylic acids is 2. The molecule has 0 bridgehead atoms. The Bertz CT molecular complexity index is 957. The van der Waals surface area contributed by atoms with Crippen molar-refractivity contribution in [3.05, 3.63) is 34.9 Å². The second-order valence-electron chi connectivity index (χ2n) is 8.34. The molecule has 0 spiro atoms. The number of hydrogen-bond acceptors (Lipinski definition) is 7. The number of methoxy groups -OCH3 is 1. The third kappa shape index (κ3) is 5.61. The summed E-state index contributed by atoms with van der Waals surface area (Å²) < 4.78 is 6.88. The van der Waals surface area contributed by atoms with Crippen LogP contribution < -0.4 is 10.2 Å². The summed E-state index contributed by atoms with van der Waals surface area (Å²) in [5, 5.41) is 7.27. The molecule has 0 aliphatic carbocycles. The van der Waals surface area contributed by atoms with E-state index in [4.69, 9.17) is 4.74 Å². The summed E-state index contributed by atoms with van der Waals surface area (Å²) >= 11 is 0. The zero-order valence-corrected chi connectivity index (χ0v) is 19.6. The Morgan fingerprint density at radius 2 is 2.09 bits per heavy atom. The fourth-order valence-electron chi connectivity index (χ4n) is 3.92. The number of aromatic nitrogens is 4. The SMILES string of the molecule is COCCNC(=O)c1cnc(N(C)C)nc1C1CCN(C(=O)CCn2nc(C)cc2C)C1. The Hall–Kier alpha value is -3.01. The van der Waals surface area contributed by atoms with Crippen LogP contribution in [0.15, 0.2) is 12.3 Å². The van der Waals surface area contributed by atoms with E-state index < -0.39 is 0 Å². The maximum absolute atomic E-state index is 12.8. The zero-order valence-electron chi connectivity index (χ0n) is 19.6. The Kier molecular flexibility index (Phi) is 7.79. The van der Waals surface area contributed by atoms with Crippen LogP contribution in [0.2, 0.25) is 0 Å². The van der Waals surface area contributed by atoms with Crippen LogP contribution in [0.3, 0.4) is 0 Å². The number of anilines is 1. The predicted molar refractivity (Wildman–Crippen MR) is 121 cm³/mol. The van der Waals surface area contributed by atoms with Crippen molar-refractivity contribution in [2.75, 3.05) is 52.3 Å². The molecule has 174 valence electrons. The first kappa shape index (κ1) is 23.6. The van der Waals surface area contributed by atoms with Gasteiger partial charge in [0.15, 0.2) is 0 Å². The van der Waals surface area contributed by atoms with Gasteiger partial charge in [0.2, 0.25) is 11.9 Å². The minimum Gasteiger partial charge on any atom is -0.383 e. The number of nitrogens with one attached hydrogen (secondary N) is 1. The second kappa shape index (κ2) is 10.5. The van der Waals surface area contributed by atoms with E-state index in [-0.39, 0.29) is 17.7 Å². The predicted octanol–water partition coefficient (Wildman–Crippen LogP) is 1.14. The van der Waals surface area contributed by atoms with Gasteiger partial charge in [-0.2, -0.15) is 5.10 Å². The summed E-state index contributed by atoms with van der Waals surface area (Å²) in [5.74, 6) is 0.393. The molecule has 0 aromatic carbocycles. The van der Waals surface area contributed by atoms with Crippen molar-refractivity contribution >= 4 is 17.8 Å². The number of carbonyl (C=O) groups is 2. The van der Waals surface area contributed by atoms with Crippen molar-refractivity contribution in [3.63, 3.8) is 0 Å². The highest BCUT2D eigenvalue weighted by Gasteiger charge is 2.31. The highest BCUT2D eigenvalue weighted by molar-refractivity contribution is 5.95. The van der Waals surface area contributed by atoms with Gasteiger partial charge in [-0.15, -0.1) is 0 Å². The zero-order chi connectivity index (χ0) is 23.3. The van der Waals surface area contributed by atoms with Crippen LogP contribution in [0.1, 0.15) is 46.2 Å². The van der Waals surface area contributed by atoms with Crippen LogP contribution in [0.4, 0.5) is 5.95 Å². The molecule has 0 radical (unpaired) electrons. The number of aryl methyl sites for hydroxylation is 3. The van der Waals surface area contributed by atoms with Gasteiger partial charge in [0.1, 0.15) is 0 Å². The highest BCUT2D eigenvalue weighted by Crippen LogP contribution is 2.29. The largest absolute Gasteiger partial charge is 0.383 e. The van der Waals surface area contributed by atoms with Gasteiger partial charge in [0.05, 0.1) is 23.6 Å². The third-order valence-corrected chi connectivity index (χ3v) is 5.61. The minimum absolute atomic E-state index is 0.0162. The molecule has 3 heterocycles. The van der Waals surface area contributed by atoms with E-state index in [2.05, 4.69) is 20.4 Å². The van der Waals surface area contributed by atoms with E-state index in [9.17, 15) is 9.59 Å². The first-order valence-electron chi connectivity index (χ1n) is 10.9. The van der Waals surface area contributed by atoms with Crippen LogP contribution >= 0.6 is 0 Å². The molecule has 1 unspecified atom stereocenters. The van der Waals surface area contributed by atoms with Crippen molar-refractivity contribution in [1.82, 2.24) is 30.0 Å². The van der Waals surface area contributed by atoms with Gasteiger partial charge in [0, 0.05) is 71.6 Å². The first-order chi connectivity index (χ1) is 15.3. The molecule has 2 aromatic rings. The lowest BCUT2D eigenvalue weighted by atomic mass is 9.99. The van der Waals surface area contributed by atoms with Crippen LogP contribution in [-0.2, 0) is 16.1 Å². The lowest BCUT2D eigenvalue weighted by molar-refractivity contribution is -0.130. The molecule has 10 nitrogen and oxygen atoms in total. The Balaban J connectivity index is 1.70. The third-order valence-electron chi connectivity index (χ3n) is 5.61. The van der Waals surface area contributed by atoms with E-state index in [1.807, 2.05) is 48.5 Å². The highest BCUT2D eigenvalue weighted by atomic mass is 16.5. The number of nitrogens with zero attached hydrogens (tertiary/aromatic N) is 6. The summed E-state index contributed by atoms with van der Waals surface area (Å²) in [6.45, 7) is 6.52. The van der Waals surface area contributed by atoms with Gasteiger partial charge in [-0.25, -0.2) is 9.97 Å². The first-order valence-corrected chi connectivity index (χ1v) is 10.9. The second-order valence-corrected chi connectivity index (χ2v) is 8.34. The van der Waals surface area contributed by atoms with E-state index in [1.54, 1.807) is 13.3 Å². The van der Waals surface area contributed by atoms with Gasteiger partial charge >= 0.3 is 0 Å². The molecule has 1 N–H and O–H groups in total. The van der Waals surface area contributed by atoms with Gasteiger partial charge in [-0.1, -0.05) is 0 Å². The summed E-state index contributed by atoms with van der Waals surface area (Å²) in [4.78, 5) is 38.2. The fraction of sp³-hybridized carbons (Fsp3) is 0.591. The van der Waals surface area contributed by atoms with E-state index in [0.717, 1.165) is 17.8 Å². The molecule has 10 heteroatoms. The fourth-order valence-corrected chi connectivity index (χ4v) is 3.92. The van der Waals surface area contributed by atoms with Crippen LogP contribution in [-0.4, -0.2) is 83.9 Å². The van der Waals surface area contributed by atoms with Crippen molar-refractivity contribution in [3.8, 4) is 0 Å². The standard InChI is InChI=1S/C22H33N7O3/c1-15-12-16(2)29(26-15)10-7-19(30)28-9-6-17(14-28)20-18(21(31)23-8-11-32-5)13-24-22(25-20)27(3)4/h12-13,17H,6-11,14H2,1-5H3,(H,23,31). The van der Waals surface area contributed by atoms with Crippen LogP contribution in [0.25, 0.3) is 0 Å². The molecule has 32 heavy (non-hydrogen) atoms. The van der Waals surface area contributed by atoms with Crippen molar-refractivity contribution in [2.45, 2.75) is 39.2 Å². The molecule has 1 aliphatic heterocycles. The topological polar surface area (TPSA) is 105 Å². The smallest absolute Gasteiger partial charge is 0.254 e. The Labute approximate surface area is 189 Å². The van der Waals surface area contributed by atoms with Gasteiger partial charge in [-0.3, -0.25) is 14.3 Å². The normalized spacial score (nSPS) is 15.8. The lowest BCUT2D eigenvalue weighted by Crippen LogP contribution is -2.31. The van der Waals surface area contributed by atoms with Crippen LogP contribution in [0, 0.1) is 13.8 Å². The van der Waals surface area contributed by atoms with Gasteiger partial charge in [-0.05, 0) is 26.3 Å².